The van der Waals surface area contributed by atoms with Crippen LogP contribution in [0.5, 0.6) is 0 Å². The van der Waals surface area contributed by atoms with Crippen molar-refractivity contribution in [2.75, 3.05) is 31.2 Å². The number of hydrogen-bond acceptors (Lipinski definition) is 4. The van der Waals surface area contributed by atoms with Crippen LogP contribution in [0.3, 0.4) is 0 Å². The highest BCUT2D eigenvalue weighted by atomic mass is 16.7. The van der Waals surface area contributed by atoms with Gasteiger partial charge in [-0.3, -0.25) is 4.98 Å². The zero-order valence-electron chi connectivity index (χ0n) is 12.3. The summed E-state index contributed by atoms with van der Waals surface area (Å²) < 4.78 is 11.6. The largest absolute Gasteiger partial charge is 0.371 e. The fourth-order valence-corrected chi connectivity index (χ4v) is 3.40. The van der Waals surface area contributed by atoms with Crippen molar-refractivity contribution in [3.05, 3.63) is 36.0 Å². The molecule has 2 aliphatic heterocycles. The molecule has 2 aromatic rings. The van der Waals surface area contributed by atoms with Gasteiger partial charge in [-0.25, -0.2) is 0 Å². The number of fused-ring (bicyclic) bond motifs is 1. The van der Waals surface area contributed by atoms with E-state index in [1.54, 1.807) is 0 Å². The van der Waals surface area contributed by atoms with Crippen LogP contribution in [0.2, 0.25) is 0 Å². The topological polar surface area (TPSA) is 34.6 Å². The Morgan fingerprint density at radius 1 is 1.10 bits per heavy atom. The molecule has 110 valence electrons. The molecule has 1 aromatic carbocycles. The molecule has 4 nitrogen and oxygen atoms in total. The zero-order chi connectivity index (χ0) is 14.3. The van der Waals surface area contributed by atoms with E-state index in [0.29, 0.717) is 0 Å². The van der Waals surface area contributed by atoms with Gasteiger partial charge in [-0.15, -0.1) is 0 Å². The Balaban J connectivity index is 1.64. The summed E-state index contributed by atoms with van der Waals surface area (Å²) in [6.07, 6.45) is 3.77. The highest BCUT2D eigenvalue weighted by molar-refractivity contribution is 5.92. The van der Waals surface area contributed by atoms with Crippen molar-refractivity contribution in [2.45, 2.75) is 25.6 Å². The van der Waals surface area contributed by atoms with E-state index in [9.17, 15) is 0 Å². The van der Waals surface area contributed by atoms with Gasteiger partial charge in [0.05, 0.1) is 18.7 Å². The predicted molar refractivity (Wildman–Crippen MR) is 82.6 cm³/mol. The molecular weight excluding hydrogens is 264 g/mol. The first-order valence-corrected chi connectivity index (χ1v) is 7.64. The standard InChI is InChI=1S/C17H20N2O2/c1-13-2-3-15-14(12-13)16(4-7-18-15)19-8-5-17(6-9-19)20-10-11-21-17/h2-4,7,12H,5-6,8-11H2,1H3. The number of anilines is 1. The van der Waals surface area contributed by atoms with Crippen molar-refractivity contribution in [3.63, 3.8) is 0 Å². The van der Waals surface area contributed by atoms with Crippen molar-refractivity contribution in [1.82, 2.24) is 4.98 Å². The minimum atomic E-state index is -0.310. The summed E-state index contributed by atoms with van der Waals surface area (Å²) in [6, 6.07) is 8.56. The molecule has 2 saturated heterocycles. The Morgan fingerprint density at radius 2 is 1.86 bits per heavy atom. The molecule has 0 N–H and O–H groups in total. The van der Waals surface area contributed by atoms with Crippen LogP contribution in [-0.4, -0.2) is 37.1 Å². The molecule has 2 aliphatic rings. The number of pyridine rings is 1. The number of nitrogens with zero attached hydrogens (tertiary/aromatic N) is 2. The molecule has 4 rings (SSSR count). The second-order valence-corrected chi connectivity index (χ2v) is 5.95. The summed E-state index contributed by atoms with van der Waals surface area (Å²) in [4.78, 5) is 6.90. The Labute approximate surface area is 124 Å². The van der Waals surface area contributed by atoms with Gasteiger partial charge in [-0.2, -0.15) is 0 Å². The number of piperidine rings is 1. The smallest absolute Gasteiger partial charge is 0.171 e. The molecule has 1 aromatic heterocycles. The van der Waals surface area contributed by atoms with Gasteiger partial charge in [0, 0.05) is 43.2 Å². The van der Waals surface area contributed by atoms with Crippen LogP contribution in [0.25, 0.3) is 10.9 Å². The van der Waals surface area contributed by atoms with E-state index in [1.807, 2.05) is 6.20 Å². The number of ether oxygens (including phenoxy) is 2. The molecule has 0 aliphatic carbocycles. The maximum atomic E-state index is 5.81. The van der Waals surface area contributed by atoms with Gasteiger partial charge in [0.2, 0.25) is 0 Å². The third kappa shape index (κ3) is 2.28. The second-order valence-electron chi connectivity index (χ2n) is 5.95. The fraction of sp³-hybridized carbons (Fsp3) is 0.471. The van der Waals surface area contributed by atoms with E-state index < -0.39 is 0 Å². The van der Waals surface area contributed by atoms with Gasteiger partial charge in [0.1, 0.15) is 0 Å². The molecule has 4 heteroatoms. The lowest BCUT2D eigenvalue weighted by atomic mass is 10.0. The first-order chi connectivity index (χ1) is 10.3. The van der Waals surface area contributed by atoms with Gasteiger partial charge >= 0.3 is 0 Å². The van der Waals surface area contributed by atoms with Crippen molar-refractivity contribution in [3.8, 4) is 0 Å². The SMILES string of the molecule is Cc1ccc2nccc(N3CCC4(CC3)OCCO4)c2c1. The van der Waals surface area contributed by atoms with Crippen molar-refractivity contribution in [2.24, 2.45) is 0 Å². The van der Waals surface area contributed by atoms with Crippen LogP contribution < -0.4 is 4.90 Å². The van der Waals surface area contributed by atoms with E-state index in [0.717, 1.165) is 44.7 Å². The van der Waals surface area contributed by atoms with Gasteiger partial charge in [0.15, 0.2) is 5.79 Å². The van der Waals surface area contributed by atoms with Crippen LogP contribution in [0, 0.1) is 6.92 Å². The third-order valence-corrected chi connectivity index (χ3v) is 4.55. The average Bonchev–Trinajstić information content (AvgIpc) is 2.96. The first-order valence-electron chi connectivity index (χ1n) is 7.64. The molecule has 0 unspecified atom stereocenters. The highest BCUT2D eigenvalue weighted by Gasteiger charge is 2.39. The summed E-state index contributed by atoms with van der Waals surface area (Å²) in [5.41, 5.74) is 3.61. The molecule has 0 saturated carbocycles. The number of aryl methyl sites for hydroxylation is 1. The fourth-order valence-electron chi connectivity index (χ4n) is 3.40. The number of benzene rings is 1. The zero-order valence-corrected chi connectivity index (χ0v) is 12.3. The molecule has 1 spiro atoms. The molecule has 0 atom stereocenters. The predicted octanol–water partition coefficient (Wildman–Crippen LogP) is 2.89. The molecule has 0 bridgehead atoms. The second kappa shape index (κ2) is 4.97. The number of aromatic nitrogens is 1. The lowest BCUT2D eigenvalue weighted by Crippen LogP contribution is -2.45. The van der Waals surface area contributed by atoms with Gasteiger partial charge < -0.3 is 14.4 Å². The first kappa shape index (κ1) is 13.0. The van der Waals surface area contributed by atoms with Crippen LogP contribution in [-0.2, 0) is 9.47 Å². The van der Waals surface area contributed by atoms with E-state index in [1.165, 1.54) is 16.6 Å². The van der Waals surface area contributed by atoms with Crippen LogP contribution in [0.15, 0.2) is 30.5 Å². The summed E-state index contributed by atoms with van der Waals surface area (Å²) in [6.45, 7) is 5.52. The monoisotopic (exact) mass is 284 g/mol. The highest BCUT2D eigenvalue weighted by Crippen LogP contribution is 2.35. The maximum absolute atomic E-state index is 5.81. The van der Waals surface area contributed by atoms with E-state index in [-0.39, 0.29) is 5.79 Å². The minimum absolute atomic E-state index is 0.310. The molecule has 3 heterocycles. The Bertz CT molecular complexity index is 655. The normalized spacial score (nSPS) is 21.3. The quantitative estimate of drug-likeness (QED) is 0.806. The summed E-state index contributed by atoms with van der Waals surface area (Å²) in [7, 11) is 0. The molecule has 21 heavy (non-hydrogen) atoms. The lowest BCUT2D eigenvalue weighted by Gasteiger charge is -2.39. The lowest BCUT2D eigenvalue weighted by molar-refractivity contribution is -0.169. The van der Waals surface area contributed by atoms with Crippen molar-refractivity contribution >= 4 is 16.6 Å². The summed E-state index contributed by atoms with van der Waals surface area (Å²) >= 11 is 0. The Hall–Kier alpha value is -1.65. The molecule has 0 radical (unpaired) electrons. The van der Waals surface area contributed by atoms with Gasteiger partial charge in [0.25, 0.3) is 0 Å². The summed E-state index contributed by atoms with van der Waals surface area (Å²) in [5.74, 6) is -0.310. The summed E-state index contributed by atoms with van der Waals surface area (Å²) in [5, 5.41) is 1.24. The van der Waals surface area contributed by atoms with Crippen LogP contribution >= 0.6 is 0 Å². The molecule has 2 fully saturated rings. The van der Waals surface area contributed by atoms with E-state index in [2.05, 4.69) is 41.1 Å². The van der Waals surface area contributed by atoms with Crippen LogP contribution in [0.4, 0.5) is 5.69 Å². The number of rotatable bonds is 1. The minimum Gasteiger partial charge on any atom is -0.371 e. The maximum Gasteiger partial charge on any atom is 0.171 e. The van der Waals surface area contributed by atoms with Crippen molar-refractivity contribution < 1.29 is 9.47 Å². The Kier molecular flexibility index (Phi) is 3.08. The van der Waals surface area contributed by atoms with Crippen molar-refractivity contribution in [1.29, 1.82) is 0 Å². The Morgan fingerprint density at radius 3 is 2.62 bits per heavy atom. The molecular formula is C17H20N2O2. The molecule has 0 amide bonds. The third-order valence-electron chi connectivity index (χ3n) is 4.55. The average molecular weight is 284 g/mol. The van der Waals surface area contributed by atoms with Gasteiger partial charge in [-0.05, 0) is 25.1 Å². The van der Waals surface area contributed by atoms with E-state index >= 15 is 0 Å². The van der Waals surface area contributed by atoms with E-state index in [4.69, 9.17) is 9.47 Å². The van der Waals surface area contributed by atoms with Gasteiger partial charge in [-0.1, -0.05) is 11.6 Å². The van der Waals surface area contributed by atoms with Crippen LogP contribution in [0.1, 0.15) is 18.4 Å². The number of hydrogen-bond donors (Lipinski definition) is 0.